The van der Waals surface area contributed by atoms with Crippen LogP contribution in [-0.2, 0) is 0 Å². The van der Waals surface area contributed by atoms with Crippen LogP contribution >= 0.6 is 0 Å². The number of nitrogens with zero attached hydrogens (tertiary/aromatic N) is 3. The molecule has 0 radical (unpaired) electrons. The molecule has 0 amide bonds. The third-order valence-electron chi connectivity index (χ3n) is 3.46. The molecule has 94 valence electrons. The molecule has 0 bridgehead atoms. The van der Waals surface area contributed by atoms with Crippen LogP contribution in [0.5, 0.6) is 0 Å². The lowest BCUT2D eigenvalue weighted by molar-refractivity contribution is 0.441. The standard InChI is InChI=1S/C13H15FN4/c1-8(9-2-3-9)18-7-12(15)13(17-18)10-4-11(14)6-16-5-10/h4-9H,2-3,15H2,1H3. The van der Waals surface area contributed by atoms with Gasteiger partial charge in [0.1, 0.15) is 11.5 Å². The van der Waals surface area contributed by atoms with Crippen molar-refractivity contribution in [1.82, 2.24) is 14.8 Å². The highest BCUT2D eigenvalue weighted by Gasteiger charge is 2.30. The van der Waals surface area contributed by atoms with Crippen molar-refractivity contribution in [3.63, 3.8) is 0 Å². The van der Waals surface area contributed by atoms with Crippen molar-refractivity contribution in [3.05, 3.63) is 30.5 Å². The fraction of sp³-hybridized carbons (Fsp3) is 0.385. The number of hydrogen-bond acceptors (Lipinski definition) is 3. The average Bonchev–Trinajstić information content (AvgIpc) is 3.11. The van der Waals surface area contributed by atoms with Gasteiger partial charge in [-0.15, -0.1) is 0 Å². The minimum absolute atomic E-state index is 0.350. The molecule has 0 spiro atoms. The van der Waals surface area contributed by atoms with Gasteiger partial charge in [-0.05, 0) is 31.7 Å². The van der Waals surface area contributed by atoms with Gasteiger partial charge in [0.2, 0.25) is 0 Å². The maximum Gasteiger partial charge on any atom is 0.142 e. The average molecular weight is 246 g/mol. The molecule has 18 heavy (non-hydrogen) atoms. The van der Waals surface area contributed by atoms with Crippen molar-refractivity contribution in [2.45, 2.75) is 25.8 Å². The van der Waals surface area contributed by atoms with E-state index in [1.54, 1.807) is 6.20 Å². The van der Waals surface area contributed by atoms with Crippen LogP contribution in [0.3, 0.4) is 0 Å². The summed E-state index contributed by atoms with van der Waals surface area (Å²) in [6, 6.07) is 1.75. The smallest absolute Gasteiger partial charge is 0.142 e. The molecule has 0 aromatic carbocycles. The normalized spacial score (nSPS) is 16.8. The Morgan fingerprint density at radius 2 is 2.22 bits per heavy atom. The summed E-state index contributed by atoms with van der Waals surface area (Å²) < 4.78 is 15.0. The van der Waals surface area contributed by atoms with Gasteiger partial charge in [-0.2, -0.15) is 5.10 Å². The molecule has 2 aromatic rings. The summed E-state index contributed by atoms with van der Waals surface area (Å²) in [6.45, 7) is 2.14. The second-order valence-electron chi connectivity index (χ2n) is 4.88. The zero-order valence-corrected chi connectivity index (χ0v) is 10.2. The van der Waals surface area contributed by atoms with E-state index in [0.717, 1.165) is 0 Å². The molecule has 1 fully saturated rings. The molecule has 1 saturated carbocycles. The molecule has 1 aliphatic rings. The SMILES string of the molecule is CC(C1CC1)n1cc(N)c(-c2cncc(F)c2)n1. The molecule has 5 heteroatoms. The Morgan fingerprint density at radius 1 is 1.44 bits per heavy atom. The highest BCUT2D eigenvalue weighted by atomic mass is 19.1. The molecule has 1 unspecified atom stereocenters. The minimum Gasteiger partial charge on any atom is -0.396 e. The topological polar surface area (TPSA) is 56.7 Å². The number of nitrogens with two attached hydrogens (primary N) is 1. The molecule has 0 saturated heterocycles. The quantitative estimate of drug-likeness (QED) is 0.905. The van der Waals surface area contributed by atoms with E-state index in [2.05, 4.69) is 17.0 Å². The first-order valence-corrected chi connectivity index (χ1v) is 6.10. The van der Waals surface area contributed by atoms with Gasteiger partial charge in [-0.1, -0.05) is 0 Å². The van der Waals surface area contributed by atoms with Crippen molar-refractivity contribution < 1.29 is 4.39 Å². The molecule has 2 aromatic heterocycles. The molecule has 4 nitrogen and oxygen atoms in total. The second kappa shape index (κ2) is 4.08. The van der Waals surface area contributed by atoms with E-state index in [9.17, 15) is 4.39 Å². The van der Waals surface area contributed by atoms with E-state index in [-0.39, 0.29) is 5.82 Å². The van der Waals surface area contributed by atoms with E-state index >= 15 is 0 Å². The summed E-state index contributed by atoms with van der Waals surface area (Å²) in [7, 11) is 0. The van der Waals surface area contributed by atoms with E-state index in [1.807, 2.05) is 10.9 Å². The lowest BCUT2D eigenvalue weighted by Crippen LogP contribution is -2.07. The third-order valence-corrected chi connectivity index (χ3v) is 3.46. The van der Waals surface area contributed by atoms with Crippen molar-refractivity contribution in [2.24, 2.45) is 5.92 Å². The van der Waals surface area contributed by atoms with Crippen LogP contribution in [0.1, 0.15) is 25.8 Å². The van der Waals surface area contributed by atoms with Crippen LogP contribution < -0.4 is 5.73 Å². The van der Waals surface area contributed by atoms with Crippen molar-refractivity contribution in [1.29, 1.82) is 0 Å². The van der Waals surface area contributed by atoms with Crippen molar-refractivity contribution in [3.8, 4) is 11.3 Å². The van der Waals surface area contributed by atoms with Crippen LogP contribution in [0.2, 0.25) is 0 Å². The maximum atomic E-state index is 13.2. The predicted octanol–water partition coefficient (Wildman–Crippen LogP) is 2.64. The molecule has 1 atom stereocenters. The van der Waals surface area contributed by atoms with Gasteiger partial charge >= 0.3 is 0 Å². The van der Waals surface area contributed by atoms with E-state index in [1.165, 1.54) is 25.1 Å². The lowest BCUT2D eigenvalue weighted by Gasteiger charge is -2.09. The van der Waals surface area contributed by atoms with Gasteiger partial charge in [0.25, 0.3) is 0 Å². The Hall–Kier alpha value is -1.91. The number of anilines is 1. The Balaban J connectivity index is 1.97. The molecule has 1 aliphatic carbocycles. The Bertz CT molecular complexity index is 574. The Kier molecular flexibility index (Phi) is 2.54. The summed E-state index contributed by atoms with van der Waals surface area (Å²) in [6.07, 6.45) is 7.07. The van der Waals surface area contributed by atoms with Gasteiger partial charge in [0, 0.05) is 18.0 Å². The minimum atomic E-state index is -0.378. The van der Waals surface area contributed by atoms with E-state index < -0.39 is 0 Å². The Morgan fingerprint density at radius 3 is 2.89 bits per heavy atom. The summed E-state index contributed by atoms with van der Waals surface area (Å²) in [5.41, 5.74) is 7.74. The first kappa shape index (κ1) is 11.2. The maximum absolute atomic E-state index is 13.2. The number of nitrogen functional groups attached to an aromatic ring is 1. The van der Waals surface area contributed by atoms with Gasteiger partial charge < -0.3 is 5.73 Å². The monoisotopic (exact) mass is 246 g/mol. The fourth-order valence-corrected chi connectivity index (χ4v) is 2.17. The Labute approximate surface area is 105 Å². The summed E-state index contributed by atoms with van der Waals surface area (Å²) in [5.74, 6) is 0.319. The van der Waals surface area contributed by atoms with Crippen LogP contribution in [-0.4, -0.2) is 14.8 Å². The molecular weight excluding hydrogens is 231 g/mol. The number of rotatable bonds is 3. The summed E-state index contributed by atoms with van der Waals surface area (Å²) >= 11 is 0. The van der Waals surface area contributed by atoms with Crippen molar-refractivity contribution in [2.75, 3.05) is 5.73 Å². The molecule has 0 aliphatic heterocycles. The molecule has 2 N–H and O–H groups in total. The zero-order chi connectivity index (χ0) is 12.7. The highest BCUT2D eigenvalue weighted by molar-refractivity contribution is 5.71. The molecule has 3 rings (SSSR count). The van der Waals surface area contributed by atoms with E-state index in [0.29, 0.717) is 28.9 Å². The van der Waals surface area contributed by atoms with Gasteiger partial charge in [-0.25, -0.2) is 4.39 Å². The number of aromatic nitrogens is 3. The first-order valence-electron chi connectivity index (χ1n) is 6.10. The van der Waals surface area contributed by atoms with Gasteiger partial charge in [0.15, 0.2) is 0 Å². The summed E-state index contributed by atoms with van der Waals surface area (Å²) in [4.78, 5) is 3.82. The fourth-order valence-electron chi connectivity index (χ4n) is 2.17. The molecule has 2 heterocycles. The van der Waals surface area contributed by atoms with Crippen LogP contribution in [0, 0.1) is 11.7 Å². The zero-order valence-electron chi connectivity index (χ0n) is 10.2. The number of hydrogen-bond donors (Lipinski definition) is 1. The predicted molar refractivity (Wildman–Crippen MR) is 67.3 cm³/mol. The van der Waals surface area contributed by atoms with Crippen LogP contribution in [0.15, 0.2) is 24.7 Å². The first-order chi connectivity index (χ1) is 8.65. The highest BCUT2D eigenvalue weighted by Crippen LogP contribution is 2.40. The second-order valence-corrected chi connectivity index (χ2v) is 4.88. The van der Waals surface area contributed by atoms with E-state index in [4.69, 9.17) is 5.73 Å². The van der Waals surface area contributed by atoms with Gasteiger partial charge in [-0.3, -0.25) is 9.67 Å². The number of pyridine rings is 1. The lowest BCUT2D eigenvalue weighted by atomic mass is 10.2. The van der Waals surface area contributed by atoms with Crippen molar-refractivity contribution >= 4 is 5.69 Å². The molecular formula is C13H15FN4. The number of halogens is 1. The third kappa shape index (κ3) is 1.96. The largest absolute Gasteiger partial charge is 0.396 e. The van der Waals surface area contributed by atoms with Crippen LogP contribution in [0.25, 0.3) is 11.3 Å². The summed E-state index contributed by atoms with van der Waals surface area (Å²) in [5, 5.41) is 4.47. The van der Waals surface area contributed by atoms with Crippen LogP contribution in [0.4, 0.5) is 10.1 Å². The van der Waals surface area contributed by atoms with Gasteiger partial charge in [0.05, 0.1) is 17.9 Å².